The molecule has 2 aliphatic rings. The van der Waals surface area contributed by atoms with Gasteiger partial charge in [0.25, 0.3) is 0 Å². The summed E-state index contributed by atoms with van der Waals surface area (Å²) in [6, 6.07) is 18.1. The molecule has 1 saturated carbocycles. The predicted molar refractivity (Wildman–Crippen MR) is 300 cm³/mol. The third-order valence-electron chi connectivity index (χ3n) is 15.8. The van der Waals surface area contributed by atoms with Crippen molar-refractivity contribution in [3.05, 3.63) is 73.6 Å². The lowest BCUT2D eigenvalue weighted by molar-refractivity contribution is -0.129. The van der Waals surface area contributed by atoms with Gasteiger partial charge in [-0.1, -0.05) is 268 Å². The minimum Gasteiger partial charge on any atom is -0.457 e. The van der Waals surface area contributed by atoms with E-state index in [1.165, 1.54) is 231 Å². The number of aromatic nitrogens is 2. The summed E-state index contributed by atoms with van der Waals surface area (Å²) in [6.07, 6.45) is 57.8. The number of carbonyl (C=O) groups excluding carboxylic acids is 1. The highest BCUT2D eigenvalue weighted by Gasteiger charge is 2.45. The summed E-state index contributed by atoms with van der Waals surface area (Å²) >= 11 is 0. The molecule has 1 aliphatic carbocycles. The van der Waals surface area contributed by atoms with Gasteiger partial charge >= 0.3 is 0 Å². The second-order valence-electron chi connectivity index (χ2n) is 22.0. The maximum Gasteiger partial charge on any atom is 0.245 e. The number of carbonyl (C=O) groups is 1. The molecule has 1 spiro atoms. The van der Waals surface area contributed by atoms with Gasteiger partial charge < -0.3 is 20.7 Å². The molecule has 2 aromatic carbocycles. The maximum absolute atomic E-state index is 13.5. The number of ether oxygens (including phenoxy) is 1. The van der Waals surface area contributed by atoms with Crippen LogP contribution in [0.2, 0.25) is 0 Å². The molecule has 1 amide bonds. The van der Waals surface area contributed by atoms with Crippen LogP contribution in [-0.4, -0.2) is 39.9 Å². The highest BCUT2D eigenvalue weighted by Crippen LogP contribution is 2.48. The second kappa shape index (κ2) is 36.1. The molecule has 0 bridgehead atoms. The molecule has 70 heavy (non-hydrogen) atoms. The first-order valence-electron chi connectivity index (χ1n) is 29.7. The highest BCUT2D eigenvalue weighted by molar-refractivity contribution is 5.87. The van der Waals surface area contributed by atoms with Crippen LogP contribution in [0.1, 0.15) is 257 Å². The summed E-state index contributed by atoms with van der Waals surface area (Å²) in [5, 5.41) is 3.79. The number of nitrogens with one attached hydrogen (secondary N) is 1. The quantitative estimate of drug-likeness (QED) is 0.239. The van der Waals surface area contributed by atoms with E-state index in [4.69, 9.17) is 15.5 Å². The van der Waals surface area contributed by atoms with Crippen LogP contribution < -0.4 is 15.8 Å². The SMILES string of the molecule is C=CC(=O)N1CCCCCCCCCCCCCCCCCCCCCCCCCCCCCCCCCCCCCCCC2(CC(Nc3ncnc(N)c3-c3ccc(Oc4ccccc4)cc3)C2)C1. The fourth-order valence-corrected chi connectivity index (χ4v) is 11.6. The molecule has 1 aliphatic heterocycles. The van der Waals surface area contributed by atoms with Gasteiger partial charge in [-0.05, 0) is 67.0 Å². The molecule has 3 N–H and O–H groups in total. The van der Waals surface area contributed by atoms with Gasteiger partial charge in [-0.2, -0.15) is 0 Å². The van der Waals surface area contributed by atoms with Gasteiger partial charge in [0.2, 0.25) is 5.91 Å². The van der Waals surface area contributed by atoms with E-state index in [-0.39, 0.29) is 17.4 Å². The molecule has 7 heteroatoms. The Labute approximate surface area is 428 Å². The fourth-order valence-electron chi connectivity index (χ4n) is 11.6. The molecule has 0 atom stereocenters. The van der Waals surface area contributed by atoms with Gasteiger partial charge in [-0.15, -0.1) is 0 Å². The monoisotopic (exact) mass is 960 g/mol. The summed E-state index contributed by atoms with van der Waals surface area (Å²) in [6.45, 7) is 5.57. The first kappa shape index (κ1) is 57.0. The lowest BCUT2D eigenvalue weighted by atomic mass is 9.62. The Morgan fingerprint density at radius 3 is 1.34 bits per heavy atom. The molecule has 2 fully saturated rings. The number of para-hydroxylation sites is 1. The number of rotatable bonds is 6. The molecular formula is C63H101N5O2. The van der Waals surface area contributed by atoms with Crippen LogP contribution in [0.5, 0.6) is 11.5 Å². The normalized spacial score (nSPS) is 22.8. The molecular weight excluding hydrogens is 859 g/mol. The Morgan fingerprint density at radius 1 is 0.543 bits per heavy atom. The van der Waals surface area contributed by atoms with Crippen molar-refractivity contribution in [3.8, 4) is 22.6 Å². The highest BCUT2D eigenvalue weighted by atomic mass is 16.5. The number of nitrogens with zero attached hydrogens (tertiary/aromatic N) is 3. The largest absolute Gasteiger partial charge is 0.457 e. The predicted octanol–water partition coefficient (Wildman–Crippen LogP) is 18.9. The smallest absolute Gasteiger partial charge is 0.245 e. The van der Waals surface area contributed by atoms with E-state index in [0.717, 1.165) is 67.2 Å². The minimum atomic E-state index is 0.0807. The van der Waals surface area contributed by atoms with Crippen molar-refractivity contribution in [2.45, 2.75) is 263 Å². The summed E-state index contributed by atoms with van der Waals surface area (Å²) in [5.41, 5.74) is 8.41. The van der Waals surface area contributed by atoms with Gasteiger partial charge in [0.05, 0.1) is 5.56 Å². The van der Waals surface area contributed by atoms with Crippen molar-refractivity contribution in [1.82, 2.24) is 14.9 Å². The zero-order valence-corrected chi connectivity index (χ0v) is 44.6. The van der Waals surface area contributed by atoms with Crippen LogP contribution in [0.25, 0.3) is 11.1 Å². The van der Waals surface area contributed by atoms with E-state index in [0.29, 0.717) is 5.82 Å². The van der Waals surface area contributed by atoms with Crippen LogP contribution in [0.3, 0.4) is 0 Å². The Hall–Kier alpha value is -3.87. The third-order valence-corrected chi connectivity index (χ3v) is 15.8. The number of anilines is 2. The van der Waals surface area contributed by atoms with Crippen LogP contribution in [0, 0.1) is 5.41 Å². The molecule has 0 unspecified atom stereocenters. The average Bonchev–Trinajstić information content (AvgIpc) is 3.36. The van der Waals surface area contributed by atoms with E-state index < -0.39 is 0 Å². The number of benzene rings is 2. The van der Waals surface area contributed by atoms with Crippen LogP contribution in [0.4, 0.5) is 11.6 Å². The summed E-state index contributed by atoms with van der Waals surface area (Å²) in [7, 11) is 0. The zero-order chi connectivity index (χ0) is 49.0. The van der Waals surface area contributed by atoms with Gasteiger partial charge in [0.1, 0.15) is 29.5 Å². The van der Waals surface area contributed by atoms with Gasteiger partial charge in [0.15, 0.2) is 0 Å². The molecule has 1 saturated heterocycles. The zero-order valence-electron chi connectivity index (χ0n) is 44.6. The lowest BCUT2D eigenvalue weighted by Crippen LogP contribution is -2.52. The summed E-state index contributed by atoms with van der Waals surface area (Å²) in [5.74, 6) is 2.86. The molecule has 390 valence electrons. The Kier molecular flexibility index (Phi) is 29.4. The van der Waals surface area contributed by atoms with Crippen LogP contribution >= 0.6 is 0 Å². The van der Waals surface area contributed by atoms with Crippen molar-refractivity contribution in [2.24, 2.45) is 5.41 Å². The first-order valence-corrected chi connectivity index (χ1v) is 29.7. The van der Waals surface area contributed by atoms with E-state index in [1.807, 2.05) is 54.6 Å². The van der Waals surface area contributed by atoms with Gasteiger partial charge in [-0.25, -0.2) is 9.97 Å². The van der Waals surface area contributed by atoms with E-state index in [9.17, 15) is 4.79 Å². The summed E-state index contributed by atoms with van der Waals surface area (Å²) in [4.78, 5) is 24.7. The lowest BCUT2D eigenvalue weighted by Gasteiger charge is -2.50. The van der Waals surface area contributed by atoms with Crippen LogP contribution in [-0.2, 0) is 4.79 Å². The number of hydrogen-bond acceptors (Lipinski definition) is 6. The third kappa shape index (κ3) is 23.6. The minimum absolute atomic E-state index is 0.0807. The Balaban J connectivity index is 1.09. The van der Waals surface area contributed by atoms with Crippen molar-refractivity contribution >= 4 is 17.5 Å². The number of nitrogens with two attached hydrogens (primary N) is 1. The number of nitrogen functional groups attached to an aromatic ring is 1. The van der Waals surface area contributed by atoms with Crippen molar-refractivity contribution in [1.29, 1.82) is 0 Å². The summed E-state index contributed by atoms with van der Waals surface area (Å²) < 4.78 is 6.07. The topological polar surface area (TPSA) is 93.4 Å². The maximum atomic E-state index is 13.5. The molecule has 1 aromatic heterocycles. The number of hydrogen-bond donors (Lipinski definition) is 2. The molecule has 5 rings (SSSR count). The molecule has 3 aromatic rings. The van der Waals surface area contributed by atoms with E-state index in [1.54, 1.807) is 12.4 Å². The molecule has 2 heterocycles. The van der Waals surface area contributed by atoms with E-state index >= 15 is 0 Å². The first-order chi connectivity index (χ1) is 34.5. The Morgan fingerprint density at radius 2 is 0.929 bits per heavy atom. The standard InChI is InChI=1S/C63H101N5O2/c1-2-59(69)68-50-42-37-35-33-31-29-27-25-23-21-19-17-15-13-11-9-7-5-3-4-6-8-10-12-14-16-18-20-22-24-26-28-30-32-34-36-41-49-63(53-68)51-56(52-63)67-62-60(61(64)65-54-66-62)55-45-47-58(48-46-55)70-57-43-39-38-40-44-57/h2,38-40,43-48,54,56H,1,3-37,41-42,49-53H2,(H3,64,65,66,67). The van der Waals surface area contributed by atoms with Crippen molar-refractivity contribution < 1.29 is 9.53 Å². The van der Waals surface area contributed by atoms with Gasteiger partial charge in [-0.3, -0.25) is 4.79 Å². The second-order valence-corrected chi connectivity index (χ2v) is 22.0. The Bertz CT molecular complexity index is 1780. The van der Waals surface area contributed by atoms with Crippen LogP contribution in [0.15, 0.2) is 73.6 Å². The van der Waals surface area contributed by atoms with Gasteiger partial charge in [0, 0.05) is 19.1 Å². The van der Waals surface area contributed by atoms with Crippen molar-refractivity contribution in [2.75, 3.05) is 24.1 Å². The van der Waals surface area contributed by atoms with Crippen molar-refractivity contribution in [3.63, 3.8) is 0 Å². The fraction of sp³-hybridized carbons (Fsp3) is 0.698. The number of amides is 1. The molecule has 7 nitrogen and oxygen atoms in total. The molecule has 0 radical (unpaired) electrons. The van der Waals surface area contributed by atoms with E-state index in [2.05, 4.69) is 21.8 Å². The average molecular weight is 961 g/mol.